The summed E-state index contributed by atoms with van der Waals surface area (Å²) in [5, 5.41) is 11.5. The van der Waals surface area contributed by atoms with E-state index in [1.54, 1.807) is 19.1 Å². The lowest BCUT2D eigenvalue weighted by molar-refractivity contribution is -0.139. The molecule has 1 atom stereocenters. The van der Waals surface area contributed by atoms with Crippen LogP contribution >= 0.6 is 0 Å². The first-order valence-corrected chi connectivity index (χ1v) is 9.40. The Kier molecular flexibility index (Phi) is 7.79. The zero-order valence-corrected chi connectivity index (χ0v) is 15.3. The molecule has 0 aliphatic carbocycles. The minimum Gasteiger partial charge on any atom is -0.480 e. The van der Waals surface area contributed by atoms with Gasteiger partial charge in [0.05, 0.1) is 4.90 Å². The molecular formula is C17H24N2O5S. The number of carbonyl (C=O) groups is 2. The first kappa shape index (κ1) is 20.9. The standard InChI is InChI=1S/C17H24N2O5S/c1-4-5-6-15(17(21)22)19-16(20)13-7-9-14(10-8-13)25(23,24)18-11-12(2)3/h4-5,7-10,12,15,18H,6,11H2,1-3H3,(H,19,20)(H,21,22)/b5-4+. The maximum atomic E-state index is 12.1. The first-order chi connectivity index (χ1) is 11.7. The molecule has 1 unspecified atom stereocenters. The van der Waals surface area contributed by atoms with Crippen molar-refractivity contribution in [2.24, 2.45) is 5.92 Å². The van der Waals surface area contributed by atoms with Crippen LogP contribution in [0.3, 0.4) is 0 Å². The van der Waals surface area contributed by atoms with E-state index in [0.717, 1.165) is 0 Å². The summed E-state index contributed by atoms with van der Waals surface area (Å²) < 4.78 is 26.7. The predicted molar refractivity (Wildman–Crippen MR) is 94.8 cm³/mol. The molecule has 25 heavy (non-hydrogen) atoms. The molecule has 0 heterocycles. The Balaban J connectivity index is 2.84. The van der Waals surface area contributed by atoms with Crippen molar-refractivity contribution in [3.63, 3.8) is 0 Å². The number of nitrogens with one attached hydrogen (secondary N) is 2. The van der Waals surface area contributed by atoms with Crippen LogP contribution < -0.4 is 10.0 Å². The zero-order chi connectivity index (χ0) is 19.0. The van der Waals surface area contributed by atoms with Gasteiger partial charge in [-0.05, 0) is 43.5 Å². The van der Waals surface area contributed by atoms with Gasteiger partial charge in [-0.3, -0.25) is 4.79 Å². The van der Waals surface area contributed by atoms with Gasteiger partial charge in [0.15, 0.2) is 0 Å². The minimum atomic E-state index is -3.63. The molecule has 138 valence electrons. The van der Waals surface area contributed by atoms with Gasteiger partial charge in [-0.2, -0.15) is 0 Å². The molecule has 8 heteroatoms. The molecule has 1 aromatic carbocycles. The fourth-order valence-corrected chi connectivity index (χ4v) is 3.09. The highest BCUT2D eigenvalue weighted by Crippen LogP contribution is 2.11. The number of carboxylic acids is 1. The summed E-state index contributed by atoms with van der Waals surface area (Å²) in [6.07, 6.45) is 3.52. The average molecular weight is 368 g/mol. The monoisotopic (exact) mass is 368 g/mol. The summed E-state index contributed by atoms with van der Waals surface area (Å²) in [6.45, 7) is 5.86. The fraction of sp³-hybridized carbons (Fsp3) is 0.412. The summed E-state index contributed by atoms with van der Waals surface area (Å²) in [5.41, 5.74) is 0.189. The molecule has 0 fully saturated rings. The Morgan fingerprint density at radius 2 is 1.80 bits per heavy atom. The number of amides is 1. The second kappa shape index (κ2) is 9.33. The van der Waals surface area contributed by atoms with E-state index in [4.69, 9.17) is 5.11 Å². The van der Waals surface area contributed by atoms with Crippen molar-refractivity contribution in [2.45, 2.75) is 38.1 Å². The molecule has 1 amide bonds. The maximum Gasteiger partial charge on any atom is 0.326 e. The van der Waals surface area contributed by atoms with E-state index in [2.05, 4.69) is 10.0 Å². The summed E-state index contributed by atoms with van der Waals surface area (Å²) in [7, 11) is -3.63. The third kappa shape index (κ3) is 6.67. The quantitative estimate of drug-likeness (QED) is 0.575. The number of hydrogen-bond donors (Lipinski definition) is 3. The number of carboxylic acid groups (broad SMARTS) is 1. The second-order valence-corrected chi connectivity index (χ2v) is 7.71. The number of hydrogen-bond acceptors (Lipinski definition) is 4. The van der Waals surface area contributed by atoms with E-state index >= 15 is 0 Å². The van der Waals surface area contributed by atoms with E-state index in [9.17, 15) is 18.0 Å². The van der Waals surface area contributed by atoms with Crippen LogP contribution in [-0.2, 0) is 14.8 Å². The number of allylic oxidation sites excluding steroid dienone is 1. The van der Waals surface area contributed by atoms with Crippen molar-refractivity contribution in [2.75, 3.05) is 6.54 Å². The number of benzene rings is 1. The van der Waals surface area contributed by atoms with Gasteiger partial charge in [0.1, 0.15) is 6.04 Å². The van der Waals surface area contributed by atoms with Crippen LogP contribution in [0.15, 0.2) is 41.3 Å². The van der Waals surface area contributed by atoms with E-state index in [0.29, 0.717) is 6.54 Å². The van der Waals surface area contributed by atoms with E-state index in [-0.39, 0.29) is 22.8 Å². The highest BCUT2D eigenvalue weighted by molar-refractivity contribution is 7.89. The lowest BCUT2D eigenvalue weighted by Gasteiger charge is -2.13. The third-order valence-electron chi connectivity index (χ3n) is 3.32. The van der Waals surface area contributed by atoms with Crippen LogP contribution in [-0.4, -0.2) is 38.0 Å². The maximum absolute atomic E-state index is 12.1. The Hall–Kier alpha value is -2.19. The van der Waals surface area contributed by atoms with Gasteiger partial charge in [-0.15, -0.1) is 0 Å². The molecular weight excluding hydrogens is 344 g/mol. The van der Waals surface area contributed by atoms with E-state index in [1.807, 2.05) is 13.8 Å². The van der Waals surface area contributed by atoms with Crippen LogP contribution in [0.5, 0.6) is 0 Å². The summed E-state index contributed by atoms with van der Waals surface area (Å²) >= 11 is 0. The van der Waals surface area contributed by atoms with Gasteiger partial charge in [-0.1, -0.05) is 26.0 Å². The molecule has 0 bridgehead atoms. The Morgan fingerprint density at radius 3 is 2.28 bits per heavy atom. The summed E-state index contributed by atoms with van der Waals surface area (Å²) in [5.74, 6) is -1.54. The van der Waals surface area contributed by atoms with Crippen LogP contribution in [0, 0.1) is 5.92 Å². The number of aliphatic carboxylic acids is 1. The second-order valence-electron chi connectivity index (χ2n) is 5.94. The molecule has 0 saturated heterocycles. The fourth-order valence-electron chi connectivity index (χ4n) is 1.88. The number of carbonyl (C=O) groups excluding carboxylic acids is 1. The van der Waals surface area contributed by atoms with E-state index < -0.39 is 27.9 Å². The van der Waals surface area contributed by atoms with Crippen molar-refractivity contribution in [1.82, 2.24) is 10.0 Å². The topological polar surface area (TPSA) is 113 Å². The smallest absolute Gasteiger partial charge is 0.326 e. The van der Waals surface area contributed by atoms with Gasteiger partial charge in [0.25, 0.3) is 5.91 Å². The van der Waals surface area contributed by atoms with Gasteiger partial charge >= 0.3 is 5.97 Å². The van der Waals surface area contributed by atoms with Crippen LogP contribution in [0.25, 0.3) is 0 Å². The van der Waals surface area contributed by atoms with E-state index in [1.165, 1.54) is 24.3 Å². The highest BCUT2D eigenvalue weighted by atomic mass is 32.2. The minimum absolute atomic E-state index is 0.0494. The van der Waals surface area contributed by atoms with Gasteiger partial charge < -0.3 is 10.4 Å². The Bertz CT molecular complexity index is 724. The molecule has 0 spiro atoms. The van der Waals surface area contributed by atoms with Crippen LogP contribution in [0.2, 0.25) is 0 Å². The van der Waals surface area contributed by atoms with Crippen LogP contribution in [0.1, 0.15) is 37.6 Å². The Morgan fingerprint density at radius 1 is 1.20 bits per heavy atom. The largest absolute Gasteiger partial charge is 0.480 e. The van der Waals surface area contributed by atoms with Crippen molar-refractivity contribution in [3.8, 4) is 0 Å². The van der Waals surface area contributed by atoms with Crippen LogP contribution in [0.4, 0.5) is 0 Å². The third-order valence-corrected chi connectivity index (χ3v) is 4.76. The molecule has 0 radical (unpaired) electrons. The normalized spacial score (nSPS) is 13.1. The number of rotatable bonds is 9. The molecule has 7 nitrogen and oxygen atoms in total. The molecule has 0 aromatic heterocycles. The molecule has 0 saturated carbocycles. The zero-order valence-electron chi connectivity index (χ0n) is 14.5. The summed E-state index contributed by atoms with van der Waals surface area (Å²) in [4.78, 5) is 23.3. The lowest BCUT2D eigenvalue weighted by atomic mass is 10.1. The van der Waals surface area contributed by atoms with Gasteiger partial charge in [0.2, 0.25) is 10.0 Å². The van der Waals surface area contributed by atoms with Crippen molar-refractivity contribution in [3.05, 3.63) is 42.0 Å². The Labute approximate surface area is 148 Å². The molecule has 0 aliphatic rings. The lowest BCUT2D eigenvalue weighted by Crippen LogP contribution is -2.40. The molecule has 3 N–H and O–H groups in total. The molecule has 1 rings (SSSR count). The first-order valence-electron chi connectivity index (χ1n) is 7.92. The van der Waals surface area contributed by atoms with Crippen molar-refractivity contribution in [1.29, 1.82) is 0 Å². The molecule has 0 aliphatic heterocycles. The SMILES string of the molecule is C/C=C/CC(NC(=O)c1ccc(S(=O)(=O)NCC(C)C)cc1)C(=O)O. The number of sulfonamides is 1. The van der Waals surface area contributed by atoms with Gasteiger partial charge in [-0.25, -0.2) is 17.9 Å². The predicted octanol–water partition coefficient (Wildman–Crippen LogP) is 1.77. The van der Waals surface area contributed by atoms with Crippen molar-refractivity contribution >= 4 is 21.9 Å². The average Bonchev–Trinajstić information content (AvgIpc) is 2.56. The molecule has 1 aromatic rings. The van der Waals surface area contributed by atoms with Crippen molar-refractivity contribution < 1.29 is 23.1 Å². The highest BCUT2D eigenvalue weighted by Gasteiger charge is 2.20. The summed E-state index contributed by atoms with van der Waals surface area (Å²) in [6, 6.07) is 4.31. The van der Waals surface area contributed by atoms with Gasteiger partial charge in [0, 0.05) is 12.1 Å².